The van der Waals surface area contributed by atoms with Crippen molar-refractivity contribution < 1.29 is 9.47 Å². The fourth-order valence-corrected chi connectivity index (χ4v) is 2.10. The van der Waals surface area contributed by atoms with Gasteiger partial charge in [-0.3, -0.25) is 4.68 Å². The summed E-state index contributed by atoms with van der Waals surface area (Å²) in [5, 5.41) is 7.76. The Morgan fingerprint density at radius 3 is 2.85 bits per heavy atom. The molecule has 0 saturated heterocycles. The first-order valence-corrected chi connectivity index (χ1v) is 7.48. The maximum absolute atomic E-state index is 5.54. The molecule has 1 heterocycles. The highest BCUT2D eigenvalue weighted by Gasteiger charge is 2.12. The third-order valence-corrected chi connectivity index (χ3v) is 3.10. The molecule has 0 aliphatic carbocycles. The van der Waals surface area contributed by atoms with Crippen LogP contribution in [0.4, 0.5) is 0 Å². The van der Waals surface area contributed by atoms with Gasteiger partial charge in [0.25, 0.3) is 0 Å². The molecule has 6 heteroatoms. The molecule has 1 rings (SSSR count). The molecule has 116 valence electrons. The van der Waals surface area contributed by atoms with Crippen molar-refractivity contribution >= 4 is 0 Å². The van der Waals surface area contributed by atoms with E-state index in [1.807, 2.05) is 4.68 Å². The first-order valence-electron chi connectivity index (χ1n) is 7.48. The topological polar surface area (TPSA) is 61.2 Å². The minimum Gasteiger partial charge on any atom is -0.382 e. The minimum absolute atomic E-state index is 0.377. The van der Waals surface area contributed by atoms with E-state index in [1.165, 1.54) is 0 Å². The Balaban J connectivity index is 2.38. The van der Waals surface area contributed by atoms with Crippen molar-refractivity contribution in [2.45, 2.75) is 45.7 Å². The lowest BCUT2D eigenvalue weighted by Crippen LogP contribution is -2.33. The summed E-state index contributed by atoms with van der Waals surface area (Å²) in [5.41, 5.74) is 0. The van der Waals surface area contributed by atoms with Gasteiger partial charge in [0.2, 0.25) is 0 Å². The van der Waals surface area contributed by atoms with Gasteiger partial charge < -0.3 is 14.8 Å². The van der Waals surface area contributed by atoms with Crippen LogP contribution >= 0.6 is 0 Å². The Kier molecular flexibility index (Phi) is 9.19. The predicted molar refractivity (Wildman–Crippen MR) is 78.8 cm³/mol. The molecule has 1 atom stereocenters. The Morgan fingerprint density at radius 2 is 2.15 bits per heavy atom. The summed E-state index contributed by atoms with van der Waals surface area (Å²) in [6.45, 7) is 8.19. The Hall–Kier alpha value is -0.980. The number of rotatable bonds is 12. The maximum Gasteiger partial charge on any atom is 0.138 e. The second-order valence-electron chi connectivity index (χ2n) is 4.75. The Bertz CT molecular complexity index is 344. The van der Waals surface area contributed by atoms with Crippen LogP contribution in [0.1, 0.15) is 32.5 Å². The molecule has 0 spiro atoms. The van der Waals surface area contributed by atoms with Crippen molar-refractivity contribution in [3.63, 3.8) is 0 Å². The van der Waals surface area contributed by atoms with Crippen molar-refractivity contribution in [1.82, 2.24) is 20.1 Å². The van der Waals surface area contributed by atoms with Crippen LogP contribution in [-0.4, -0.2) is 54.3 Å². The monoisotopic (exact) mass is 284 g/mol. The largest absolute Gasteiger partial charge is 0.382 e. The number of aromatic nitrogens is 3. The lowest BCUT2D eigenvalue weighted by molar-refractivity contribution is 0.0657. The Labute approximate surface area is 121 Å². The smallest absolute Gasteiger partial charge is 0.138 e. The number of ether oxygens (including phenoxy) is 2. The molecule has 1 aromatic rings. The van der Waals surface area contributed by atoms with Gasteiger partial charge in [-0.05, 0) is 19.4 Å². The third-order valence-electron chi connectivity index (χ3n) is 3.10. The molecule has 6 nitrogen and oxygen atoms in total. The molecule has 0 aliphatic rings. The Morgan fingerprint density at radius 1 is 1.30 bits per heavy atom. The molecule has 0 fully saturated rings. The first kappa shape index (κ1) is 17.1. The highest BCUT2D eigenvalue weighted by Crippen LogP contribution is 2.04. The summed E-state index contributed by atoms with van der Waals surface area (Å²) in [7, 11) is 1.69. The van der Waals surface area contributed by atoms with Crippen LogP contribution in [0.2, 0.25) is 0 Å². The summed E-state index contributed by atoms with van der Waals surface area (Å²) < 4.78 is 12.5. The lowest BCUT2D eigenvalue weighted by Gasteiger charge is -2.17. The van der Waals surface area contributed by atoms with E-state index < -0.39 is 0 Å². The van der Waals surface area contributed by atoms with Gasteiger partial charge in [0, 0.05) is 32.7 Å². The zero-order valence-corrected chi connectivity index (χ0v) is 13.0. The second kappa shape index (κ2) is 10.8. The van der Waals surface area contributed by atoms with Crippen molar-refractivity contribution in [1.29, 1.82) is 0 Å². The lowest BCUT2D eigenvalue weighted by atomic mass is 10.1. The molecule has 0 radical (unpaired) electrons. The van der Waals surface area contributed by atoms with Gasteiger partial charge in [-0.1, -0.05) is 13.8 Å². The molecule has 0 bridgehead atoms. The molecule has 0 aromatic carbocycles. The molecule has 0 amide bonds. The van der Waals surface area contributed by atoms with E-state index >= 15 is 0 Å². The van der Waals surface area contributed by atoms with E-state index in [4.69, 9.17) is 9.47 Å². The molecular formula is C14H28N4O2. The van der Waals surface area contributed by atoms with Crippen LogP contribution in [0.5, 0.6) is 0 Å². The second-order valence-corrected chi connectivity index (χ2v) is 4.75. The van der Waals surface area contributed by atoms with Crippen LogP contribution in [0.25, 0.3) is 0 Å². The van der Waals surface area contributed by atoms with Crippen LogP contribution < -0.4 is 5.32 Å². The van der Waals surface area contributed by atoms with Gasteiger partial charge in [0.1, 0.15) is 12.2 Å². The van der Waals surface area contributed by atoms with Crippen LogP contribution in [0, 0.1) is 0 Å². The minimum atomic E-state index is 0.377. The maximum atomic E-state index is 5.54. The summed E-state index contributed by atoms with van der Waals surface area (Å²) >= 11 is 0. The number of hydrogen-bond acceptors (Lipinski definition) is 5. The quantitative estimate of drug-likeness (QED) is 0.586. The molecule has 0 aliphatic heterocycles. The van der Waals surface area contributed by atoms with Gasteiger partial charge in [-0.15, -0.1) is 0 Å². The summed E-state index contributed by atoms with van der Waals surface area (Å²) in [6, 6.07) is 0.377. The van der Waals surface area contributed by atoms with Crippen molar-refractivity contribution in [2.24, 2.45) is 0 Å². The fraction of sp³-hybridized carbons (Fsp3) is 0.857. The van der Waals surface area contributed by atoms with E-state index in [0.29, 0.717) is 19.3 Å². The summed E-state index contributed by atoms with van der Waals surface area (Å²) in [6.07, 6.45) is 4.57. The summed E-state index contributed by atoms with van der Waals surface area (Å²) in [4.78, 5) is 4.37. The number of nitrogens with zero attached hydrogens (tertiary/aromatic N) is 3. The predicted octanol–water partition coefficient (Wildman–Crippen LogP) is 1.26. The molecule has 20 heavy (non-hydrogen) atoms. The number of methoxy groups -OCH3 is 1. The zero-order chi connectivity index (χ0) is 14.6. The first-order chi connectivity index (χ1) is 9.81. The average Bonchev–Trinajstić information content (AvgIpc) is 2.86. The van der Waals surface area contributed by atoms with Gasteiger partial charge >= 0.3 is 0 Å². The number of nitrogens with one attached hydrogen (secondary N) is 1. The highest BCUT2D eigenvalue weighted by molar-refractivity contribution is 4.89. The van der Waals surface area contributed by atoms with E-state index in [2.05, 4.69) is 29.2 Å². The van der Waals surface area contributed by atoms with Crippen molar-refractivity contribution in [3.8, 4) is 0 Å². The van der Waals surface area contributed by atoms with E-state index in [-0.39, 0.29) is 0 Å². The highest BCUT2D eigenvalue weighted by atomic mass is 16.5. The number of likely N-dealkylation sites (N-methyl/N-ethyl adjacent to an activating group) is 1. The van der Waals surface area contributed by atoms with Gasteiger partial charge in [0.15, 0.2) is 0 Å². The van der Waals surface area contributed by atoms with Crippen LogP contribution in [0.3, 0.4) is 0 Å². The molecule has 0 saturated carbocycles. The zero-order valence-electron chi connectivity index (χ0n) is 13.0. The SMILES string of the molecule is CCCn1ncnc1CC(CCOCCOC)NCC. The summed E-state index contributed by atoms with van der Waals surface area (Å²) in [5.74, 6) is 1.05. The van der Waals surface area contributed by atoms with Crippen LogP contribution in [0.15, 0.2) is 6.33 Å². The van der Waals surface area contributed by atoms with E-state index in [0.717, 1.165) is 44.8 Å². The molecular weight excluding hydrogens is 256 g/mol. The van der Waals surface area contributed by atoms with E-state index in [1.54, 1.807) is 13.4 Å². The standard InChI is InChI=1S/C14H28N4O2/c1-4-7-18-14(16-12-17-18)11-13(15-5-2)6-8-20-10-9-19-3/h12-13,15H,4-11H2,1-3H3. The molecule has 1 N–H and O–H groups in total. The molecule has 1 unspecified atom stereocenters. The molecule has 1 aromatic heterocycles. The number of hydrogen-bond donors (Lipinski definition) is 1. The average molecular weight is 284 g/mol. The number of aryl methyl sites for hydroxylation is 1. The van der Waals surface area contributed by atoms with Gasteiger partial charge in [-0.25, -0.2) is 4.98 Å². The normalized spacial score (nSPS) is 12.8. The van der Waals surface area contributed by atoms with Gasteiger partial charge in [-0.2, -0.15) is 5.10 Å². The van der Waals surface area contributed by atoms with Gasteiger partial charge in [0.05, 0.1) is 13.2 Å². The van der Waals surface area contributed by atoms with Crippen molar-refractivity contribution in [2.75, 3.05) is 33.5 Å². The fourth-order valence-electron chi connectivity index (χ4n) is 2.10. The van der Waals surface area contributed by atoms with Crippen molar-refractivity contribution in [3.05, 3.63) is 12.2 Å². The van der Waals surface area contributed by atoms with Crippen LogP contribution in [-0.2, 0) is 22.4 Å². The third kappa shape index (κ3) is 6.45. The van der Waals surface area contributed by atoms with E-state index in [9.17, 15) is 0 Å².